The van der Waals surface area contributed by atoms with Crippen molar-refractivity contribution in [1.29, 1.82) is 0 Å². The van der Waals surface area contributed by atoms with Crippen molar-refractivity contribution >= 4 is 5.91 Å². The number of rotatable bonds is 0. The Morgan fingerprint density at radius 1 is 1.50 bits per heavy atom. The van der Waals surface area contributed by atoms with E-state index < -0.39 is 0 Å². The first-order chi connectivity index (χ1) is 5.70. The Labute approximate surface area is 70.8 Å². The molecule has 2 rings (SSSR count). The quantitative estimate of drug-likeness (QED) is 0.453. The van der Waals surface area contributed by atoms with E-state index in [2.05, 4.69) is 0 Å². The number of hydrogen-bond acceptors (Lipinski definition) is 2. The SMILES string of the molecule is Cc1cccc2c1C(=O)N(N)C2. The number of carbonyl (C=O) groups is 1. The van der Waals surface area contributed by atoms with Gasteiger partial charge in [-0.1, -0.05) is 18.2 Å². The predicted molar refractivity (Wildman–Crippen MR) is 45.2 cm³/mol. The number of hydrazine groups is 1. The Balaban J connectivity index is 2.62. The molecule has 0 spiro atoms. The summed E-state index contributed by atoms with van der Waals surface area (Å²) in [4.78, 5) is 11.4. The highest BCUT2D eigenvalue weighted by Gasteiger charge is 2.25. The van der Waals surface area contributed by atoms with Gasteiger partial charge in [-0.25, -0.2) is 5.84 Å². The zero-order valence-corrected chi connectivity index (χ0v) is 6.87. The maximum atomic E-state index is 11.4. The molecule has 0 bridgehead atoms. The second kappa shape index (κ2) is 2.32. The smallest absolute Gasteiger partial charge is 0.268 e. The molecular formula is C9H10N2O. The molecule has 1 aromatic rings. The van der Waals surface area contributed by atoms with E-state index in [1.165, 1.54) is 5.01 Å². The van der Waals surface area contributed by atoms with Crippen molar-refractivity contribution in [3.8, 4) is 0 Å². The van der Waals surface area contributed by atoms with Gasteiger partial charge < -0.3 is 0 Å². The number of nitrogens with zero attached hydrogens (tertiary/aromatic N) is 1. The van der Waals surface area contributed by atoms with Crippen LogP contribution in [0.25, 0.3) is 0 Å². The zero-order chi connectivity index (χ0) is 8.72. The third-order valence-corrected chi connectivity index (χ3v) is 2.17. The van der Waals surface area contributed by atoms with Crippen molar-refractivity contribution in [1.82, 2.24) is 5.01 Å². The summed E-state index contributed by atoms with van der Waals surface area (Å²) in [7, 11) is 0. The van der Waals surface area contributed by atoms with Crippen molar-refractivity contribution < 1.29 is 4.79 Å². The Morgan fingerprint density at radius 3 is 2.92 bits per heavy atom. The van der Waals surface area contributed by atoms with Crippen LogP contribution < -0.4 is 5.84 Å². The first-order valence-corrected chi connectivity index (χ1v) is 3.85. The second-order valence-corrected chi connectivity index (χ2v) is 3.04. The van der Waals surface area contributed by atoms with Crippen LogP contribution in [0.2, 0.25) is 0 Å². The maximum absolute atomic E-state index is 11.4. The van der Waals surface area contributed by atoms with Crippen molar-refractivity contribution in [2.75, 3.05) is 0 Å². The molecule has 2 N–H and O–H groups in total. The minimum absolute atomic E-state index is 0.0666. The van der Waals surface area contributed by atoms with Crippen molar-refractivity contribution in [2.45, 2.75) is 13.5 Å². The molecule has 1 aliphatic heterocycles. The van der Waals surface area contributed by atoms with E-state index in [1.54, 1.807) is 0 Å². The van der Waals surface area contributed by atoms with E-state index in [-0.39, 0.29) is 5.91 Å². The Morgan fingerprint density at radius 2 is 2.25 bits per heavy atom. The first-order valence-electron chi connectivity index (χ1n) is 3.85. The third-order valence-electron chi connectivity index (χ3n) is 2.17. The topological polar surface area (TPSA) is 46.3 Å². The third kappa shape index (κ3) is 0.833. The average molecular weight is 162 g/mol. The number of nitrogens with two attached hydrogens (primary N) is 1. The minimum atomic E-state index is -0.0666. The molecule has 12 heavy (non-hydrogen) atoms. The van der Waals surface area contributed by atoms with E-state index >= 15 is 0 Å². The van der Waals surface area contributed by atoms with Crippen LogP contribution in [-0.2, 0) is 6.54 Å². The Hall–Kier alpha value is -1.35. The number of fused-ring (bicyclic) bond motifs is 1. The number of hydrogen-bond donors (Lipinski definition) is 1. The summed E-state index contributed by atoms with van der Waals surface area (Å²) in [5.41, 5.74) is 2.81. The van der Waals surface area contributed by atoms with Gasteiger partial charge in [0, 0.05) is 5.56 Å². The Bertz CT molecular complexity index is 346. The fraction of sp³-hybridized carbons (Fsp3) is 0.222. The fourth-order valence-electron chi connectivity index (χ4n) is 1.57. The van der Waals surface area contributed by atoms with E-state index in [1.807, 2.05) is 25.1 Å². The Kier molecular flexibility index (Phi) is 1.41. The molecule has 0 aliphatic carbocycles. The molecular weight excluding hydrogens is 152 g/mol. The lowest BCUT2D eigenvalue weighted by atomic mass is 10.0. The van der Waals surface area contributed by atoms with Crippen molar-refractivity contribution in [3.63, 3.8) is 0 Å². The summed E-state index contributed by atoms with van der Waals surface area (Å²) in [5, 5.41) is 1.25. The molecule has 62 valence electrons. The summed E-state index contributed by atoms with van der Waals surface area (Å²) in [6.07, 6.45) is 0. The predicted octanol–water partition coefficient (Wildman–Crippen LogP) is 0.825. The van der Waals surface area contributed by atoms with Crippen LogP contribution in [0.15, 0.2) is 18.2 Å². The summed E-state index contributed by atoms with van der Waals surface area (Å²) in [5.74, 6) is 5.41. The van der Waals surface area contributed by atoms with E-state index in [0.29, 0.717) is 6.54 Å². The lowest BCUT2D eigenvalue weighted by Gasteiger charge is -2.04. The molecule has 1 aliphatic rings. The van der Waals surface area contributed by atoms with Gasteiger partial charge in [-0.2, -0.15) is 0 Å². The molecule has 0 radical (unpaired) electrons. The number of amides is 1. The summed E-state index contributed by atoms with van der Waals surface area (Å²) in [6.45, 7) is 2.46. The van der Waals surface area contributed by atoms with Gasteiger partial charge in [0.2, 0.25) is 0 Å². The highest BCUT2D eigenvalue weighted by molar-refractivity contribution is 5.99. The van der Waals surface area contributed by atoms with Crippen LogP contribution >= 0.6 is 0 Å². The molecule has 1 amide bonds. The highest BCUT2D eigenvalue weighted by atomic mass is 16.2. The monoisotopic (exact) mass is 162 g/mol. The number of carbonyl (C=O) groups excluding carboxylic acids is 1. The normalized spacial score (nSPS) is 15.2. The maximum Gasteiger partial charge on any atom is 0.268 e. The van der Waals surface area contributed by atoms with E-state index in [4.69, 9.17) is 5.84 Å². The van der Waals surface area contributed by atoms with Crippen LogP contribution in [0.3, 0.4) is 0 Å². The van der Waals surface area contributed by atoms with Gasteiger partial charge in [0.05, 0.1) is 6.54 Å². The number of aryl methyl sites for hydroxylation is 1. The molecule has 0 aromatic heterocycles. The van der Waals surface area contributed by atoms with Gasteiger partial charge in [-0.3, -0.25) is 9.80 Å². The molecule has 0 fully saturated rings. The van der Waals surface area contributed by atoms with Crippen molar-refractivity contribution in [2.24, 2.45) is 5.84 Å². The van der Waals surface area contributed by atoms with Gasteiger partial charge in [-0.05, 0) is 18.1 Å². The van der Waals surface area contributed by atoms with Gasteiger partial charge in [0.1, 0.15) is 0 Å². The number of benzene rings is 1. The minimum Gasteiger partial charge on any atom is -0.272 e. The summed E-state index contributed by atoms with van der Waals surface area (Å²) >= 11 is 0. The fourth-order valence-corrected chi connectivity index (χ4v) is 1.57. The van der Waals surface area contributed by atoms with Crippen LogP contribution in [-0.4, -0.2) is 10.9 Å². The largest absolute Gasteiger partial charge is 0.272 e. The highest BCUT2D eigenvalue weighted by Crippen LogP contribution is 2.22. The van der Waals surface area contributed by atoms with Crippen LogP contribution in [0.1, 0.15) is 21.5 Å². The average Bonchev–Trinajstić information content (AvgIpc) is 2.29. The van der Waals surface area contributed by atoms with Crippen LogP contribution in [0.5, 0.6) is 0 Å². The van der Waals surface area contributed by atoms with Crippen molar-refractivity contribution in [3.05, 3.63) is 34.9 Å². The molecule has 1 aromatic carbocycles. The van der Waals surface area contributed by atoms with Gasteiger partial charge >= 0.3 is 0 Å². The lowest BCUT2D eigenvalue weighted by molar-refractivity contribution is 0.0778. The first kappa shape index (κ1) is 7.31. The standard InChI is InChI=1S/C9H10N2O/c1-6-3-2-4-7-5-11(10)9(12)8(6)7/h2-4H,5,10H2,1H3. The van der Waals surface area contributed by atoms with Gasteiger partial charge in [-0.15, -0.1) is 0 Å². The van der Waals surface area contributed by atoms with E-state index in [9.17, 15) is 4.79 Å². The molecule has 3 heteroatoms. The zero-order valence-electron chi connectivity index (χ0n) is 6.87. The molecule has 1 heterocycles. The molecule has 0 atom stereocenters. The van der Waals surface area contributed by atoms with E-state index in [0.717, 1.165) is 16.7 Å². The van der Waals surface area contributed by atoms with Gasteiger partial charge in [0.25, 0.3) is 5.91 Å². The van der Waals surface area contributed by atoms with Crippen LogP contribution in [0, 0.1) is 6.92 Å². The lowest BCUT2D eigenvalue weighted by Crippen LogP contribution is -2.30. The summed E-state index contributed by atoms with van der Waals surface area (Å²) < 4.78 is 0. The molecule has 0 saturated carbocycles. The molecule has 0 saturated heterocycles. The second-order valence-electron chi connectivity index (χ2n) is 3.04. The van der Waals surface area contributed by atoms with Gasteiger partial charge in [0.15, 0.2) is 0 Å². The molecule has 3 nitrogen and oxygen atoms in total. The molecule has 0 unspecified atom stereocenters. The van der Waals surface area contributed by atoms with Crippen LogP contribution in [0.4, 0.5) is 0 Å². The summed E-state index contributed by atoms with van der Waals surface area (Å²) in [6, 6.07) is 5.81.